The van der Waals surface area contributed by atoms with Crippen molar-refractivity contribution in [2.75, 3.05) is 0 Å². The fourth-order valence-electron chi connectivity index (χ4n) is 2.30. The van der Waals surface area contributed by atoms with Crippen molar-refractivity contribution < 1.29 is 13.9 Å². The van der Waals surface area contributed by atoms with Crippen LogP contribution in [0.3, 0.4) is 0 Å². The summed E-state index contributed by atoms with van der Waals surface area (Å²) in [5, 5.41) is 8.82. The zero-order valence-electron chi connectivity index (χ0n) is 12.9. The fraction of sp³-hybridized carbons (Fsp3) is 0. The highest BCUT2D eigenvalue weighted by Crippen LogP contribution is 2.25. The minimum Gasteiger partial charge on any atom is -0.423 e. The summed E-state index contributed by atoms with van der Waals surface area (Å²) >= 11 is 5.86. The molecule has 3 rings (SSSR count). The lowest BCUT2D eigenvalue weighted by atomic mass is 10.0. The maximum absolute atomic E-state index is 13.7. The molecule has 3 nitrogen and oxygen atoms in total. The van der Waals surface area contributed by atoms with Gasteiger partial charge in [-0.25, -0.2) is 9.18 Å². The monoisotopic (exact) mass is 351 g/mol. The molecule has 0 atom stereocenters. The first kappa shape index (κ1) is 16.7. The Labute approximate surface area is 148 Å². The van der Waals surface area contributed by atoms with Crippen LogP contribution in [0.2, 0.25) is 5.02 Å². The number of nitriles is 1. The molecule has 0 unspecified atom stereocenters. The number of hydrogen-bond acceptors (Lipinski definition) is 3. The van der Waals surface area contributed by atoms with Gasteiger partial charge in [0.1, 0.15) is 17.1 Å². The van der Waals surface area contributed by atoms with Crippen LogP contribution < -0.4 is 4.74 Å². The van der Waals surface area contributed by atoms with E-state index in [-0.39, 0.29) is 16.3 Å². The van der Waals surface area contributed by atoms with E-state index in [1.54, 1.807) is 36.4 Å². The average Bonchev–Trinajstić information content (AvgIpc) is 2.62. The van der Waals surface area contributed by atoms with Gasteiger partial charge >= 0.3 is 5.97 Å². The maximum atomic E-state index is 13.7. The third-order valence-electron chi connectivity index (χ3n) is 3.58. The first-order chi connectivity index (χ1) is 12.1. The third kappa shape index (κ3) is 3.68. The summed E-state index contributed by atoms with van der Waals surface area (Å²) in [6, 6.07) is 19.9. The van der Waals surface area contributed by atoms with E-state index >= 15 is 0 Å². The Hall–Kier alpha value is -3.16. The highest BCUT2D eigenvalue weighted by atomic mass is 35.5. The van der Waals surface area contributed by atoms with Gasteiger partial charge in [-0.05, 0) is 47.5 Å². The Morgan fingerprint density at radius 3 is 2.12 bits per heavy atom. The molecule has 0 saturated heterocycles. The van der Waals surface area contributed by atoms with Gasteiger partial charge in [-0.2, -0.15) is 5.26 Å². The van der Waals surface area contributed by atoms with E-state index in [1.807, 2.05) is 12.1 Å². The van der Waals surface area contributed by atoms with Crippen LogP contribution in [-0.2, 0) is 0 Å². The van der Waals surface area contributed by atoms with E-state index in [1.165, 1.54) is 12.1 Å². The van der Waals surface area contributed by atoms with E-state index in [9.17, 15) is 9.18 Å². The van der Waals surface area contributed by atoms with Crippen molar-refractivity contribution in [1.82, 2.24) is 0 Å². The van der Waals surface area contributed by atoms with Crippen molar-refractivity contribution in [3.05, 3.63) is 88.7 Å². The standard InChI is InChI=1S/C20H11ClFNO2/c21-17-2-1-3-18(22)19(17)20(24)25-16-10-8-15(9-11-16)14-6-4-13(12-23)5-7-14/h1-11H. The summed E-state index contributed by atoms with van der Waals surface area (Å²) < 4.78 is 18.9. The van der Waals surface area contributed by atoms with E-state index < -0.39 is 11.8 Å². The Balaban J connectivity index is 1.78. The van der Waals surface area contributed by atoms with Crippen LogP contribution in [0.5, 0.6) is 5.75 Å². The number of halogens is 2. The van der Waals surface area contributed by atoms with Gasteiger partial charge in [0.15, 0.2) is 0 Å². The predicted octanol–water partition coefficient (Wildman–Crippen LogP) is 5.24. The molecule has 0 aromatic heterocycles. The second kappa shape index (κ2) is 7.16. The molecular weight excluding hydrogens is 341 g/mol. The number of carbonyl (C=O) groups excluding carboxylic acids is 1. The Bertz CT molecular complexity index is 940. The van der Waals surface area contributed by atoms with Gasteiger partial charge in [-0.1, -0.05) is 41.9 Å². The summed E-state index contributed by atoms with van der Waals surface area (Å²) in [5.41, 5.74) is 2.11. The van der Waals surface area contributed by atoms with E-state index in [0.29, 0.717) is 5.56 Å². The van der Waals surface area contributed by atoms with E-state index in [0.717, 1.165) is 17.2 Å². The molecular formula is C20H11ClFNO2. The van der Waals surface area contributed by atoms with Gasteiger partial charge in [0.25, 0.3) is 0 Å². The number of benzene rings is 3. The van der Waals surface area contributed by atoms with Crippen LogP contribution >= 0.6 is 11.6 Å². The fourth-order valence-corrected chi connectivity index (χ4v) is 2.54. The quantitative estimate of drug-likeness (QED) is 0.479. The molecule has 122 valence electrons. The molecule has 0 amide bonds. The van der Waals surface area contributed by atoms with Crippen LogP contribution in [0.15, 0.2) is 66.7 Å². The van der Waals surface area contributed by atoms with Gasteiger partial charge in [0.05, 0.1) is 16.7 Å². The summed E-state index contributed by atoms with van der Waals surface area (Å²) in [4.78, 5) is 12.1. The molecule has 0 radical (unpaired) electrons. The van der Waals surface area contributed by atoms with Gasteiger partial charge in [-0.3, -0.25) is 0 Å². The molecule has 3 aromatic carbocycles. The lowest BCUT2D eigenvalue weighted by molar-refractivity contribution is 0.0730. The first-order valence-corrected chi connectivity index (χ1v) is 7.73. The topological polar surface area (TPSA) is 50.1 Å². The Morgan fingerprint density at radius 1 is 0.960 bits per heavy atom. The first-order valence-electron chi connectivity index (χ1n) is 7.35. The van der Waals surface area contributed by atoms with Crippen molar-refractivity contribution in [1.29, 1.82) is 5.26 Å². The second-order valence-corrected chi connectivity index (χ2v) is 5.61. The maximum Gasteiger partial charge on any atom is 0.348 e. The minimum atomic E-state index is -0.853. The van der Waals surface area contributed by atoms with Crippen molar-refractivity contribution in [3.63, 3.8) is 0 Å². The molecule has 0 heterocycles. The number of ether oxygens (including phenoxy) is 1. The molecule has 0 N–H and O–H groups in total. The lowest BCUT2D eigenvalue weighted by Crippen LogP contribution is -2.11. The number of rotatable bonds is 3. The van der Waals surface area contributed by atoms with Gasteiger partial charge < -0.3 is 4.74 Å². The van der Waals surface area contributed by atoms with Crippen molar-refractivity contribution in [3.8, 4) is 22.9 Å². The second-order valence-electron chi connectivity index (χ2n) is 5.20. The molecule has 0 aliphatic rings. The zero-order chi connectivity index (χ0) is 17.8. The smallest absolute Gasteiger partial charge is 0.348 e. The Morgan fingerprint density at radius 2 is 1.56 bits per heavy atom. The molecule has 0 spiro atoms. The lowest BCUT2D eigenvalue weighted by Gasteiger charge is -2.08. The predicted molar refractivity (Wildman–Crippen MR) is 93.0 cm³/mol. The SMILES string of the molecule is N#Cc1ccc(-c2ccc(OC(=O)c3c(F)cccc3Cl)cc2)cc1. The molecule has 0 bridgehead atoms. The highest BCUT2D eigenvalue weighted by Gasteiger charge is 2.18. The summed E-state index contributed by atoms with van der Waals surface area (Å²) in [7, 11) is 0. The number of esters is 1. The van der Waals surface area contributed by atoms with E-state index in [4.69, 9.17) is 21.6 Å². The largest absolute Gasteiger partial charge is 0.423 e. The van der Waals surface area contributed by atoms with Crippen LogP contribution in [0.25, 0.3) is 11.1 Å². The van der Waals surface area contributed by atoms with Crippen molar-refractivity contribution >= 4 is 17.6 Å². The van der Waals surface area contributed by atoms with E-state index in [2.05, 4.69) is 6.07 Å². The number of carbonyl (C=O) groups is 1. The molecule has 0 saturated carbocycles. The Kier molecular flexibility index (Phi) is 4.78. The van der Waals surface area contributed by atoms with Crippen LogP contribution in [0.4, 0.5) is 4.39 Å². The van der Waals surface area contributed by atoms with Crippen molar-refractivity contribution in [2.24, 2.45) is 0 Å². The zero-order valence-corrected chi connectivity index (χ0v) is 13.6. The molecule has 0 aliphatic heterocycles. The summed E-state index contributed by atoms with van der Waals surface area (Å²) in [6.45, 7) is 0. The van der Waals surface area contributed by atoms with Gasteiger partial charge in [0.2, 0.25) is 0 Å². The normalized spacial score (nSPS) is 10.1. The highest BCUT2D eigenvalue weighted by molar-refractivity contribution is 6.33. The van der Waals surface area contributed by atoms with Gasteiger partial charge in [0, 0.05) is 0 Å². The molecule has 0 aliphatic carbocycles. The van der Waals surface area contributed by atoms with Gasteiger partial charge in [-0.15, -0.1) is 0 Å². The average molecular weight is 352 g/mol. The van der Waals surface area contributed by atoms with Crippen LogP contribution in [-0.4, -0.2) is 5.97 Å². The van der Waals surface area contributed by atoms with Crippen LogP contribution in [0.1, 0.15) is 15.9 Å². The third-order valence-corrected chi connectivity index (χ3v) is 3.89. The number of hydrogen-bond donors (Lipinski definition) is 0. The summed E-state index contributed by atoms with van der Waals surface area (Å²) in [5.74, 6) is -1.30. The number of nitrogens with zero attached hydrogens (tertiary/aromatic N) is 1. The van der Waals surface area contributed by atoms with Crippen LogP contribution in [0, 0.1) is 17.1 Å². The molecule has 0 fully saturated rings. The minimum absolute atomic E-state index is 0.000738. The van der Waals surface area contributed by atoms with Crippen molar-refractivity contribution in [2.45, 2.75) is 0 Å². The summed E-state index contributed by atoms with van der Waals surface area (Å²) in [6.07, 6.45) is 0. The molecule has 5 heteroatoms. The molecule has 25 heavy (non-hydrogen) atoms. The molecule has 3 aromatic rings.